The maximum atomic E-state index is 13.4. The van der Waals surface area contributed by atoms with E-state index in [1.165, 1.54) is 9.87 Å². The molecule has 1 amide bonds. The van der Waals surface area contributed by atoms with Gasteiger partial charge < -0.3 is 9.64 Å². The van der Waals surface area contributed by atoms with Crippen LogP contribution in [0.3, 0.4) is 0 Å². The predicted octanol–water partition coefficient (Wildman–Crippen LogP) is 3.77. The molecular formula is C24H30N2O4S. The summed E-state index contributed by atoms with van der Waals surface area (Å²) in [6, 6.07) is 13.0. The van der Waals surface area contributed by atoms with Crippen molar-refractivity contribution in [3.8, 4) is 5.75 Å². The quantitative estimate of drug-likeness (QED) is 0.707. The first-order valence-electron chi connectivity index (χ1n) is 11.0. The zero-order valence-electron chi connectivity index (χ0n) is 18.4. The lowest BCUT2D eigenvalue weighted by Crippen LogP contribution is -2.48. The summed E-state index contributed by atoms with van der Waals surface area (Å²) in [4.78, 5) is 15.6. The second-order valence-electron chi connectivity index (χ2n) is 8.45. The number of benzene rings is 2. The van der Waals surface area contributed by atoms with Crippen molar-refractivity contribution in [1.82, 2.24) is 4.31 Å². The fourth-order valence-electron chi connectivity index (χ4n) is 4.71. The van der Waals surface area contributed by atoms with E-state index in [0.29, 0.717) is 31.7 Å². The number of ether oxygens (including phenoxy) is 1. The van der Waals surface area contributed by atoms with Crippen LogP contribution in [0.25, 0.3) is 0 Å². The van der Waals surface area contributed by atoms with Crippen molar-refractivity contribution in [2.45, 2.75) is 51.0 Å². The maximum Gasteiger partial charge on any atom is 0.243 e. The Morgan fingerprint density at radius 3 is 2.71 bits per heavy atom. The normalized spacial score (nSPS) is 21.7. The van der Waals surface area contributed by atoms with E-state index in [2.05, 4.69) is 13.0 Å². The number of nitrogens with zero attached hydrogens (tertiary/aromatic N) is 2. The maximum absolute atomic E-state index is 13.4. The standard InChI is InChI=1S/C24H30N2O4S/c1-4-30-23-12-11-21(14-17(23)2)31(28,29)25-13-7-9-20(16-25)24(27)26-18(3)15-19-8-5-6-10-22(19)26/h5-6,8,10-12,14,18,20H,4,7,9,13,15-16H2,1-3H3/t18-,20-/m1/s1. The number of amides is 1. The van der Waals surface area contributed by atoms with Crippen molar-refractivity contribution in [2.75, 3.05) is 24.6 Å². The molecule has 4 rings (SSSR count). The van der Waals surface area contributed by atoms with Gasteiger partial charge in [-0.1, -0.05) is 18.2 Å². The van der Waals surface area contributed by atoms with Gasteiger partial charge in [0.05, 0.1) is 17.4 Å². The number of carbonyl (C=O) groups is 1. The van der Waals surface area contributed by atoms with Gasteiger partial charge in [0.25, 0.3) is 0 Å². The van der Waals surface area contributed by atoms with Crippen molar-refractivity contribution < 1.29 is 17.9 Å². The minimum Gasteiger partial charge on any atom is -0.494 e. The van der Waals surface area contributed by atoms with Gasteiger partial charge in [-0.25, -0.2) is 8.42 Å². The topological polar surface area (TPSA) is 66.9 Å². The van der Waals surface area contributed by atoms with Crippen LogP contribution < -0.4 is 9.64 Å². The van der Waals surface area contributed by atoms with Gasteiger partial charge in [0.2, 0.25) is 15.9 Å². The Balaban J connectivity index is 1.54. The van der Waals surface area contributed by atoms with E-state index in [0.717, 1.165) is 17.7 Å². The fourth-order valence-corrected chi connectivity index (χ4v) is 6.32. The lowest BCUT2D eigenvalue weighted by atomic mass is 9.97. The molecule has 166 valence electrons. The summed E-state index contributed by atoms with van der Waals surface area (Å²) >= 11 is 0. The van der Waals surface area contributed by atoms with Gasteiger partial charge in [-0.2, -0.15) is 4.31 Å². The van der Waals surface area contributed by atoms with E-state index in [9.17, 15) is 13.2 Å². The van der Waals surface area contributed by atoms with Crippen molar-refractivity contribution >= 4 is 21.6 Å². The molecule has 2 aromatic rings. The summed E-state index contributed by atoms with van der Waals surface area (Å²) < 4.78 is 33.7. The van der Waals surface area contributed by atoms with E-state index in [1.54, 1.807) is 18.2 Å². The lowest BCUT2D eigenvalue weighted by Gasteiger charge is -2.34. The summed E-state index contributed by atoms with van der Waals surface area (Å²) in [5, 5.41) is 0. The Morgan fingerprint density at radius 2 is 1.97 bits per heavy atom. The highest BCUT2D eigenvalue weighted by atomic mass is 32.2. The lowest BCUT2D eigenvalue weighted by molar-refractivity contribution is -0.123. The van der Waals surface area contributed by atoms with Gasteiger partial charge >= 0.3 is 0 Å². The monoisotopic (exact) mass is 442 g/mol. The summed E-state index contributed by atoms with van der Waals surface area (Å²) in [5.74, 6) is 0.385. The summed E-state index contributed by atoms with van der Waals surface area (Å²) in [6.07, 6.45) is 2.22. The Hall–Kier alpha value is -2.38. The smallest absolute Gasteiger partial charge is 0.243 e. The Labute approximate surface area is 184 Å². The summed E-state index contributed by atoms with van der Waals surface area (Å²) in [7, 11) is -3.67. The van der Waals surface area contributed by atoms with Crippen molar-refractivity contribution in [3.05, 3.63) is 53.6 Å². The molecule has 0 unspecified atom stereocenters. The first kappa shape index (κ1) is 21.8. The highest BCUT2D eigenvalue weighted by molar-refractivity contribution is 7.89. The average Bonchev–Trinajstić information content (AvgIpc) is 3.10. The molecule has 6 nitrogen and oxygen atoms in total. The molecule has 0 bridgehead atoms. The molecule has 0 radical (unpaired) electrons. The van der Waals surface area contributed by atoms with Crippen LogP contribution >= 0.6 is 0 Å². The minimum absolute atomic E-state index is 0.0280. The Bertz CT molecular complexity index is 1080. The van der Waals surface area contributed by atoms with E-state index in [1.807, 2.05) is 36.9 Å². The van der Waals surface area contributed by atoms with Crippen LogP contribution in [0.2, 0.25) is 0 Å². The number of hydrogen-bond donors (Lipinski definition) is 0. The van der Waals surface area contributed by atoms with Gasteiger partial charge in [0, 0.05) is 24.8 Å². The third-order valence-electron chi connectivity index (χ3n) is 6.26. The Kier molecular flexibility index (Phi) is 6.08. The van der Waals surface area contributed by atoms with Crippen LogP contribution in [0.5, 0.6) is 5.75 Å². The largest absolute Gasteiger partial charge is 0.494 e. The molecule has 0 N–H and O–H groups in total. The number of rotatable bonds is 5. The SMILES string of the molecule is CCOc1ccc(S(=O)(=O)N2CCC[C@@H](C(=O)N3c4ccccc4C[C@H]3C)C2)cc1C. The molecule has 0 spiro atoms. The first-order chi connectivity index (χ1) is 14.8. The van der Waals surface area contributed by atoms with Gasteiger partial charge in [0.15, 0.2) is 0 Å². The van der Waals surface area contributed by atoms with Crippen LogP contribution in [0.4, 0.5) is 5.69 Å². The van der Waals surface area contributed by atoms with E-state index in [4.69, 9.17) is 4.74 Å². The van der Waals surface area contributed by atoms with E-state index < -0.39 is 10.0 Å². The van der Waals surface area contributed by atoms with Crippen LogP contribution in [0.15, 0.2) is 47.4 Å². The third-order valence-corrected chi connectivity index (χ3v) is 8.12. The first-order valence-corrected chi connectivity index (χ1v) is 12.4. The van der Waals surface area contributed by atoms with Gasteiger partial charge in [0.1, 0.15) is 5.75 Å². The van der Waals surface area contributed by atoms with Crippen molar-refractivity contribution in [3.63, 3.8) is 0 Å². The molecule has 31 heavy (non-hydrogen) atoms. The summed E-state index contributed by atoms with van der Waals surface area (Å²) in [5.41, 5.74) is 2.92. The molecule has 0 aliphatic carbocycles. The Morgan fingerprint density at radius 1 is 1.19 bits per heavy atom. The molecule has 2 aliphatic heterocycles. The number of sulfonamides is 1. The summed E-state index contributed by atoms with van der Waals surface area (Å²) in [6.45, 7) is 6.98. The number of hydrogen-bond acceptors (Lipinski definition) is 4. The second-order valence-corrected chi connectivity index (χ2v) is 10.4. The van der Waals surface area contributed by atoms with Crippen LogP contribution in [-0.2, 0) is 21.2 Å². The van der Waals surface area contributed by atoms with Crippen molar-refractivity contribution in [1.29, 1.82) is 0 Å². The number of fused-ring (bicyclic) bond motifs is 1. The van der Waals surface area contributed by atoms with Crippen LogP contribution in [0.1, 0.15) is 37.8 Å². The highest BCUT2D eigenvalue weighted by Gasteiger charge is 2.39. The molecule has 0 aromatic heterocycles. The molecule has 7 heteroatoms. The number of para-hydroxylation sites is 1. The molecule has 2 heterocycles. The second kappa shape index (κ2) is 8.63. The molecular weight excluding hydrogens is 412 g/mol. The highest BCUT2D eigenvalue weighted by Crippen LogP contribution is 2.35. The number of piperidine rings is 1. The van der Waals surface area contributed by atoms with Gasteiger partial charge in [-0.05, 0) is 75.4 Å². The zero-order valence-corrected chi connectivity index (χ0v) is 19.2. The average molecular weight is 443 g/mol. The molecule has 1 saturated heterocycles. The van der Waals surface area contributed by atoms with Gasteiger partial charge in [-0.3, -0.25) is 4.79 Å². The van der Waals surface area contributed by atoms with Gasteiger partial charge in [-0.15, -0.1) is 0 Å². The molecule has 2 aliphatic rings. The molecule has 2 atom stereocenters. The van der Waals surface area contributed by atoms with Crippen molar-refractivity contribution in [2.24, 2.45) is 5.92 Å². The number of aryl methyl sites for hydroxylation is 1. The minimum atomic E-state index is -3.67. The number of anilines is 1. The number of carbonyl (C=O) groups excluding carboxylic acids is 1. The zero-order chi connectivity index (χ0) is 22.2. The fraction of sp³-hybridized carbons (Fsp3) is 0.458. The van der Waals surface area contributed by atoms with Crippen LogP contribution in [0, 0.1) is 12.8 Å². The molecule has 1 fully saturated rings. The van der Waals surface area contributed by atoms with Crippen LogP contribution in [-0.4, -0.2) is 44.4 Å². The van der Waals surface area contributed by atoms with E-state index in [-0.39, 0.29) is 29.3 Å². The molecule has 0 saturated carbocycles. The predicted molar refractivity (Wildman–Crippen MR) is 121 cm³/mol. The molecule has 2 aromatic carbocycles. The third kappa shape index (κ3) is 4.08. The van der Waals surface area contributed by atoms with E-state index >= 15 is 0 Å².